The number of urea groups is 1. The molecule has 0 unspecified atom stereocenters. The van der Waals surface area contributed by atoms with E-state index < -0.39 is 24.5 Å². The third kappa shape index (κ3) is 5.38. The van der Waals surface area contributed by atoms with E-state index in [2.05, 4.69) is 5.32 Å². The van der Waals surface area contributed by atoms with Gasteiger partial charge in [0.15, 0.2) is 6.61 Å². The lowest BCUT2D eigenvalue weighted by molar-refractivity contribution is -0.123. The van der Waals surface area contributed by atoms with Gasteiger partial charge >= 0.3 is 12.0 Å². The Bertz CT molecular complexity index is 485. The number of nitrogens with one attached hydrogen (secondary N) is 2. The summed E-state index contributed by atoms with van der Waals surface area (Å²) >= 11 is 0. The molecule has 1 rings (SSSR count). The molecule has 0 saturated heterocycles. The number of hydrogen-bond acceptors (Lipinski definition) is 5. The number of hydrogen-bond donors (Lipinski definition) is 3. The van der Waals surface area contributed by atoms with Crippen LogP contribution in [0.3, 0.4) is 0 Å². The Morgan fingerprint density at radius 3 is 2.45 bits per heavy atom. The number of imide groups is 1. The second-order valence-corrected chi connectivity index (χ2v) is 4.00. The summed E-state index contributed by atoms with van der Waals surface area (Å²) in [6.07, 6.45) is 0.758. The van der Waals surface area contributed by atoms with Crippen LogP contribution in [0.15, 0.2) is 24.3 Å². The molecule has 0 aliphatic carbocycles. The van der Waals surface area contributed by atoms with Crippen LogP contribution in [0, 0.1) is 0 Å². The van der Waals surface area contributed by atoms with Gasteiger partial charge in [0.2, 0.25) is 0 Å². The zero-order valence-electron chi connectivity index (χ0n) is 11.1. The maximum atomic E-state index is 11.6. The Morgan fingerprint density at radius 1 is 1.20 bits per heavy atom. The summed E-state index contributed by atoms with van der Waals surface area (Å²) in [6.45, 7) is 1.82. The lowest BCUT2D eigenvalue weighted by atomic mass is 10.2. The summed E-state index contributed by atoms with van der Waals surface area (Å²) in [5.41, 5.74) is 6.28. The second-order valence-electron chi connectivity index (χ2n) is 4.00. The van der Waals surface area contributed by atoms with Crippen LogP contribution in [-0.2, 0) is 9.53 Å². The van der Waals surface area contributed by atoms with Crippen molar-refractivity contribution in [2.24, 2.45) is 0 Å². The first-order valence-electron chi connectivity index (χ1n) is 6.13. The number of esters is 1. The van der Waals surface area contributed by atoms with Gasteiger partial charge in [-0.1, -0.05) is 6.92 Å². The number of amides is 3. The van der Waals surface area contributed by atoms with Crippen LogP contribution < -0.4 is 16.4 Å². The molecular formula is C13H17N3O4. The minimum atomic E-state index is -0.692. The van der Waals surface area contributed by atoms with Crippen molar-refractivity contribution in [3.8, 4) is 0 Å². The van der Waals surface area contributed by atoms with E-state index in [-0.39, 0.29) is 5.56 Å². The highest BCUT2D eigenvalue weighted by Gasteiger charge is 2.11. The highest BCUT2D eigenvalue weighted by atomic mass is 16.5. The number of carbonyl (C=O) groups excluding carboxylic acids is 3. The van der Waals surface area contributed by atoms with Crippen molar-refractivity contribution in [2.45, 2.75) is 13.3 Å². The topological polar surface area (TPSA) is 111 Å². The van der Waals surface area contributed by atoms with Crippen molar-refractivity contribution in [3.05, 3.63) is 29.8 Å². The fraction of sp³-hybridized carbons (Fsp3) is 0.308. The van der Waals surface area contributed by atoms with E-state index >= 15 is 0 Å². The number of ether oxygens (including phenoxy) is 1. The van der Waals surface area contributed by atoms with Gasteiger partial charge in [-0.15, -0.1) is 0 Å². The molecule has 20 heavy (non-hydrogen) atoms. The molecule has 0 aliphatic heterocycles. The number of nitrogens with two attached hydrogens (primary N) is 1. The van der Waals surface area contributed by atoms with Crippen LogP contribution in [-0.4, -0.2) is 31.1 Å². The van der Waals surface area contributed by atoms with Crippen molar-refractivity contribution < 1.29 is 19.1 Å². The van der Waals surface area contributed by atoms with Gasteiger partial charge in [-0.2, -0.15) is 0 Å². The van der Waals surface area contributed by atoms with Gasteiger partial charge in [-0.25, -0.2) is 9.59 Å². The van der Waals surface area contributed by atoms with Gasteiger partial charge in [0, 0.05) is 12.2 Å². The molecule has 1 aromatic rings. The lowest BCUT2D eigenvalue weighted by Crippen LogP contribution is -2.41. The molecule has 0 aromatic heterocycles. The average molecular weight is 279 g/mol. The number of rotatable bonds is 5. The first kappa shape index (κ1) is 15.5. The molecule has 0 atom stereocenters. The molecule has 0 heterocycles. The third-order valence-corrected chi connectivity index (χ3v) is 2.27. The van der Waals surface area contributed by atoms with Crippen molar-refractivity contribution in [3.63, 3.8) is 0 Å². The lowest BCUT2D eigenvalue weighted by Gasteiger charge is -2.06. The van der Waals surface area contributed by atoms with E-state index in [0.29, 0.717) is 12.2 Å². The molecule has 0 aliphatic rings. The van der Waals surface area contributed by atoms with E-state index in [4.69, 9.17) is 10.5 Å². The van der Waals surface area contributed by atoms with Crippen molar-refractivity contribution in [1.82, 2.24) is 10.6 Å². The van der Waals surface area contributed by atoms with Gasteiger partial charge in [-0.05, 0) is 30.7 Å². The van der Waals surface area contributed by atoms with Gasteiger partial charge in [0.1, 0.15) is 0 Å². The Hall–Kier alpha value is -2.57. The molecule has 7 heteroatoms. The number of anilines is 1. The molecule has 1 aromatic carbocycles. The predicted octanol–water partition coefficient (Wildman–Crippen LogP) is 0.661. The minimum absolute atomic E-state index is 0.280. The quantitative estimate of drug-likeness (QED) is 0.541. The zero-order valence-corrected chi connectivity index (χ0v) is 11.1. The van der Waals surface area contributed by atoms with E-state index in [1.807, 2.05) is 12.2 Å². The fourth-order valence-electron chi connectivity index (χ4n) is 1.28. The van der Waals surface area contributed by atoms with Crippen LogP contribution in [0.1, 0.15) is 23.7 Å². The molecule has 0 radical (unpaired) electrons. The molecular weight excluding hydrogens is 262 g/mol. The van der Waals surface area contributed by atoms with E-state index in [1.54, 1.807) is 12.1 Å². The van der Waals surface area contributed by atoms with Crippen molar-refractivity contribution >= 4 is 23.6 Å². The standard InChI is InChI=1S/C13H17N3O4/c1-2-7-15-13(19)16-11(17)8-20-12(18)9-3-5-10(14)6-4-9/h3-6H,2,7-8,14H2,1H3,(H2,15,16,17,19). The van der Waals surface area contributed by atoms with E-state index in [1.165, 1.54) is 12.1 Å². The van der Waals surface area contributed by atoms with Crippen LogP contribution in [0.5, 0.6) is 0 Å². The van der Waals surface area contributed by atoms with Crippen LogP contribution in [0.2, 0.25) is 0 Å². The Balaban J connectivity index is 2.35. The van der Waals surface area contributed by atoms with Gasteiger partial charge in [0.25, 0.3) is 5.91 Å². The maximum Gasteiger partial charge on any atom is 0.338 e. The predicted molar refractivity (Wildman–Crippen MR) is 73.0 cm³/mol. The Labute approximate surface area is 116 Å². The summed E-state index contributed by atoms with van der Waals surface area (Å²) in [5.74, 6) is -1.35. The molecule has 0 saturated carbocycles. The first-order valence-corrected chi connectivity index (χ1v) is 6.13. The summed E-state index contributed by atoms with van der Waals surface area (Å²) in [4.78, 5) is 34.1. The Morgan fingerprint density at radius 2 is 1.85 bits per heavy atom. The SMILES string of the molecule is CCCNC(=O)NC(=O)COC(=O)c1ccc(N)cc1. The molecule has 4 N–H and O–H groups in total. The van der Waals surface area contributed by atoms with E-state index in [9.17, 15) is 14.4 Å². The molecule has 0 spiro atoms. The van der Waals surface area contributed by atoms with Gasteiger partial charge in [0.05, 0.1) is 5.56 Å². The highest BCUT2D eigenvalue weighted by molar-refractivity contribution is 5.97. The summed E-state index contributed by atoms with van der Waals surface area (Å²) in [6, 6.07) is 5.47. The minimum Gasteiger partial charge on any atom is -0.452 e. The van der Waals surface area contributed by atoms with Crippen LogP contribution >= 0.6 is 0 Å². The summed E-state index contributed by atoms with van der Waals surface area (Å²) < 4.78 is 4.76. The zero-order chi connectivity index (χ0) is 15.0. The van der Waals surface area contributed by atoms with Crippen LogP contribution in [0.25, 0.3) is 0 Å². The molecule has 0 fully saturated rings. The normalized spacial score (nSPS) is 9.65. The first-order chi connectivity index (χ1) is 9.52. The second kappa shape index (κ2) is 7.78. The smallest absolute Gasteiger partial charge is 0.338 e. The highest BCUT2D eigenvalue weighted by Crippen LogP contribution is 2.06. The third-order valence-electron chi connectivity index (χ3n) is 2.27. The van der Waals surface area contributed by atoms with Crippen molar-refractivity contribution in [1.29, 1.82) is 0 Å². The fourth-order valence-corrected chi connectivity index (χ4v) is 1.28. The monoisotopic (exact) mass is 279 g/mol. The summed E-state index contributed by atoms with van der Waals surface area (Å²) in [5, 5.41) is 4.51. The average Bonchev–Trinajstić information content (AvgIpc) is 2.43. The number of carbonyl (C=O) groups is 3. The molecule has 7 nitrogen and oxygen atoms in total. The summed E-state index contributed by atoms with van der Waals surface area (Å²) in [7, 11) is 0. The maximum absolute atomic E-state index is 11.6. The molecule has 108 valence electrons. The number of nitrogen functional groups attached to an aromatic ring is 1. The van der Waals surface area contributed by atoms with E-state index in [0.717, 1.165) is 6.42 Å². The molecule has 0 bridgehead atoms. The van der Waals surface area contributed by atoms with Gasteiger partial charge < -0.3 is 15.8 Å². The number of benzene rings is 1. The van der Waals surface area contributed by atoms with Crippen molar-refractivity contribution in [2.75, 3.05) is 18.9 Å². The molecule has 3 amide bonds. The van der Waals surface area contributed by atoms with Gasteiger partial charge in [-0.3, -0.25) is 10.1 Å². The largest absolute Gasteiger partial charge is 0.452 e. The Kier molecular flexibility index (Phi) is 6.02. The van der Waals surface area contributed by atoms with Crippen LogP contribution in [0.4, 0.5) is 10.5 Å².